The molecule has 2 aromatic carbocycles. The van der Waals surface area contributed by atoms with Gasteiger partial charge in [0.15, 0.2) is 0 Å². The van der Waals surface area contributed by atoms with Crippen LogP contribution in [-0.2, 0) is 4.79 Å². The van der Waals surface area contributed by atoms with Gasteiger partial charge in [-0.3, -0.25) is 9.78 Å². The van der Waals surface area contributed by atoms with Gasteiger partial charge in [-0.25, -0.2) is 4.39 Å². The SMILES string of the molecule is COc1ccc2nccc([C@@H](F)CC[C@@H]3CCN(CCSc4ccccc4Cl)C[C@@H]3C(=O)O)c2c1. The van der Waals surface area contributed by atoms with E-state index in [9.17, 15) is 9.90 Å². The van der Waals surface area contributed by atoms with Crippen LogP contribution in [0.1, 0.15) is 31.0 Å². The molecule has 1 fully saturated rings. The van der Waals surface area contributed by atoms with Crippen molar-refractivity contribution >= 4 is 40.2 Å². The van der Waals surface area contributed by atoms with Gasteiger partial charge < -0.3 is 14.7 Å². The molecule has 0 amide bonds. The molecule has 186 valence electrons. The van der Waals surface area contributed by atoms with Gasteiger partial charge in [-0.2, -0.15) is 0 Å². The second kappa shape index (κ2) is 12.1. The Bertz CT molecular complexity index is 1160. The van der Waals surface area contributed by atoms with Crippen molar-refractivity contribution in [3.63, 3.8) is 0 Å². The average Bonchev–Trinajstić information content (AvgIpc) is 2.88. The monoisotopic (exact) mass is 516 g/mol. The Balaban J connectivity index is 1.34. The molecule has 0 bridgehead atoms. The number of benzene rings is 2. The topological polar surface area (TPSA) is 62.7 Å². The van der Waals surface area contributed by atoms with Crippen LogP contribution in [0.3, 0.4) is 0 Å². The molecule has 5 nitrogen and oxygen atoms in total. The number of nitrogens with zero attached hydrogens (tertiary/aromatic N) is 2. The summed E-state index contributed by atoms with van der Waals surface area (Å²) in [5, 5.41) is 11.4. The average molecular weight is 517 g/mol. The van der Waals surface area contributed by atoms with Crippen LogP contribution >= 0.6 is 23.4 Å². The Morgan fingerprint density at radius 2 is 2.14 bits per heavy atom. The first-order valence-electron chi connectivity index (χ1n) is 11.9. The van der Waals surface area contributed by atoms with E-state index in [2.05, 4.69) is 9.88 Å². The van der Waals surface area contributed by atoms with Gasteiger partial charge in [-0.1, -0.05) is 23.7 Å². The summed E-state index contributed by atoms with van der Waals surface area (Å²) in [5.74, 6) is 0.167. The summed E-state index contributed by atoms with van der Waals surface area (Å²) in [6.45, 7) is 2.11. The van der Waals surface area contributed by atoms with Gasteiger partial charge in [0.1, 0.15) is 11.9 Å². The molecule has 2 heterocycles. The van der Waals surface area contributed by atoms with Crippen LogP contribution < -0.4 is 4.74 Å². The first-order valence-corrected chi connectivity index (χ1v) is 13.2. The summed E-state index contributed by atoms with van der Waals surface area (Å²) in [5.41, 5.74) is 1.30. The molecule has 8 heteroatoms. The van der Waals surface area contributed by atoms with Gasteiger partial charge in [0.2, 0.25) is 0 Å². The summed E-state index contributed by atoms with van der Waals surface area (Å²) in [6.07, 6.45) is 2.01. The van der Waals surface area contributed by atoms with Crippen molar-refractivity contribution in [2.45, 2.75) is 30.3 Å². The van der Waals surface area contributed by atoms with Crippen LogP contribution in [-0.4, -0.2) is 53.5 Å². The van der Waals surface area contributed by atoms with Crippen LogP contribution in [0.25, 0.3) is 10.9 Å². The minimum atomic E-state index is -1.19. The zero-order chi connectivity index (χ0) is 24.8. The summed E-state index contributed by atoms with van der Waals surface area (Å²) in [6, 6.07) is 14.9. The molecule has 4 rings (SSSR count). The van der Waals surface area contributed by atoms with Gasteiger partial charge in [-0.15, -0.1) is 11.8 Å². The number of hydrogen-bond donors (Lipinski definition) is 1. The van der Waals surface area contributed by atoms with E-state index in [-0.39, 0.29) is 12.3 Å². The molecular weight excluding hydrogens is 487 g/mol. The predicted octanol–water partition coefficient (Wildman–Crippen LogP) is 6.50. The van der Waals surface area contributed by atoms with Gasteiger partial charge in [0.25, 0.3) is 0 Å². The lowest BCUT2D eigenvalue weighted by molar-refractivity contribution is -0.146. The smallest absolute Gasteiger partial charge is 0.308 e. The third kappa shape index (κ3) is 6.46. The normalized spacial score (nSPS) is 19.5. The first kappa shape index (κ1) is 25.7. The van der Waals surface area contributed by atoms with E-state index in [0.29, 0.717) is 24.3 Å². The van der Waals surface area contributed by atoms with Crippen LogP contribution in [0, 0.1) is 11.8 Å². The molecule has 3 aromatic rings. The van der Waals surface area contributed by atoms with Gasteiger partial charge >= 0.3 is 5.97 Å². The van der Waals surface area contributed by atoms with Crippen molar-refractivity contribution in [3.05, 3.63) is 65.3 Å². The van der Waals surface area contributed by atoms with Gasteiger partial charge in [0.05, 0.1) is 23.6 Å². The highest BCUT2D eigenvalue weighted by molar-refractivity contribution is 7.99. The molecule has 35 heavy (non-hydrogen) atoms. The minimum Gasteiger partial charge on any atom is -0.497 e. The van der Waals surface area contributed by atoms with Crippen molar-refractivity contribution in [2.24, 2.45) is 11.8 Å². The van der Waals surface area contributed by atoms with Crippen LogP contribution in [0.2, 0.25) is 5.02 Å². The number of methoxy groups -OCH3 is 1. The number of hydrogen-bond acceptors (Lipinski definition) is 5. The van der Waals surface area contributed by atoms with Crippen LogP contribution in [0.5, 0.6) is 5.75 Å². The number of thioether (sulfide) groups is 1. The van der Waals surface area contributed by atoms with Crippen LogP contribution in [0.15, 0.2) is 59.6 Å². The van der Waals surface area contributed by atoms with E-state index in [1.54, 1.807) is 31.1 Å². The van der Waals surface area contributed by atoms with Crippen molar-refractivity contribution in [2.75, 3.05) is 32.5 Å². The second-order valence-corrected chi connectivity index (χ2v) is 10.4. The summed E-state index contributed by atoms with van der Waals surface area (Å²) >= 11 is 7.91. The number of carboxylic acid groups (broad SMARTS) is 1. The lowest BCUT2D eigenvalue weighted by Gasteiger charge is -2.36. The Morgan fingerprint density at radius 1 is 1.31 bits per heavy atom. The number of likely N-dealkylation sites (tertiary alicyclic amines) is 1. The molecular formula is C27H30ClFN2O3S. The van der Waals surface area contributed by atoms with Crippen molar-refractivity contribution in [1.82, 2.24) is 9.88 Å². The third-order valence-electron chi connectivity index (χ3n) is 6.77. The lowest BCUT2D eigenvalue weighted by Crippen LogP contribution is -2.44. The summed E-state index contributed by atoms with van der Waals surface area (Å²) < 4.78 is 20.7. The molecule has 0 saturated carbocycles. The quantitative estimate of drug-likeness (QED) is 0.310. The molecule has 1 aliphatic rings. The molecule has 1 N–H and O–H groups in total. The highest BCUT2D eigenvalue weighted by Crippen LogP contribution is 2.35. The molecule has 3 atom stereocenters. The number of carbonyl (C=O) groups is 1. The molecule has 1 aliphatic heterocycles. The van der Waals surface area contributed by atoms with E-state index in [4.69, 9.17) is 16.3 Å². The molecule has 1 aromatic heterocycles. The maximum atomic E-state index is 15.4. The standard InChI is InChI=1S/C27H30ClFN2O3S/c1-34-19-7-9-25-21(16-19)20(10-12-30-25)24(29)8-6-18-11-13-31(17-22(18)27(32)33)14-15-35-26-5-3-2-4-23(26)28/h2-5,7,9-10,12,16,18,22,24H,6,8,11,13-15,17H2,1H3,(H,32,33)/t18-,22+,24+/m1/s1. The van der Waals surface area contributed by atoms with Crippen molar-refractivity contribution in [3.8, 4) is 5.75 Å². The number of halogens is 2. The van der Waals surface area contributed by atoms with E-state index >= 15 is 4.39 Å². The van der Waals surface area contributed by atoms with Crippen LogP contribution in [0.4, 0.5) is 4.39 Å². The van der Waals surface area contributed by atoms with E-state index < -0.39 is 18.1 Å². The Kier molecular flexibility index (Phi) is 8.87. The second-order valence-electron chi connectivity index (χ2n) is 8.90. The zero-order valence-corrected chi connectivity index (χ0v) is 21.3. The van der Waals surface area contributed by atoms with E-state index in [0.717, 1.165) is 46.1 Å². The maximum Gasteiger partial charge on any atom is 0.308 e. The summed E-state index contributed by atoms with van der Waals surface area (Å²) in [4.78, 5) is 19.6. The number of piperidine rings is 1. The Labute approximate surface area is 214 Å². The fourth-order valence-electron chi connectivity index (χ4n) is 4.81. The maximum absolute atomic E-state index is 15.4. The number of alkyl halides is 1. The van der Waals surface area contributed by atoms with Crippen molar-refractivity contribution < 1.29 is 19.0 Å². The van der Waals surface area contributed by atoms with Gasteiger partial charge in [-0.05, 0) is 73.7 Å². The number of aliphatic carboxylic acids is 1. The fourth-order valence-corrected chi connectivity index (χ4v) is 6.06. The molecule has 0 radical (unpaired) electrons. The molecule has 0 unspecified atom stereocenters. The highest BCUT2D eigenvalue weighted by atomic mass is 35.5. The first-order chi connectivity index (χ1) is 17.0. The Hall–Kier alpha value is -2.35. The minimum absolute atomic E-state index is 0.0409. The third-order valence-corrected chi connectivity index (χ3v) is 8.27. The van der Waals surface area contributed by atoms with Crippen molar-refractivity contribution in [1.29, 1.82) is 0 Å². The number of ether oxygens (including phenoxy) is 1. The fraction of sp³-hybridized carbons (Fsp3) is 0.407. The molecule has 0 aliphatic carbocycles. The largest absolute Gasteiger partial charge is 0.497 e. The molecule has 0 spiro atoms. The lowest BCUT2D eigenvalue weighted by atomic mass is 9.81. The summed E-state index contributed by atoms with van der Waals surface area (Å²) in [7, 11) is 1.58. The number of fused-ring (bicyclic) bond motifs is 1. The number of carboxylic acids is 1. The van der Waals surface area contributed by atoms with E-state index in [1.165, 1.54) is 0 Å². The van der Waals surface area contributed by atoms with E-state index in [1.807, 2.05) is 42.5 Å². The predicted molar refractivity (Wildman–Crippen MR) is 139 cm³/mol. The van der Waals surface area contributed by atoms with Gasteiger partial charge in [0, 0.05) is 35.3 Å². The number of pyridine rings is 1. The number of aromatic nitrogens is 1. The number of rotatable bonds is 10. The highest BCUT2D eigenvalue weighted by Gasteiger charge is 2.34. The Morgan fingerprint density at radius 3 is 2.91 bits per heavy atom. The zero-order valence-electron chi connectivity index (χ0n) is 19.7. The molecule has 1 saturated heterocycles.